The van der Waals surface area contributed by atoms with Crippen LogP contribution >= 0.6 is 0 Å². The van der Waals surface area contributed by atoms with E-state index in [1.165, 1.54) is 12.1 Å². The third-order valence-corrected chi connectivity index (χ3v) is 14.1. The van der Waals surface area contributed by atoms with Gasteiger partial charge in [-0.1, -0.05) is 62.6 Å². The summed E-state index contributed by atoms with van der Waals surface area (Å²) < 4.78 is 104. The van der Waals surface area contributed by atoms with Crippen LogP contribution in [0.2, 0.25) is 0 Å². The van der Waals surface area contributed by atoms with Gasteiger partial charge in [-0.15, -0.1) is 0 Å². The number of aliphatic carboxylic acids is 1. The highest BCUT2D eigenvalue weighted by Gasteiger charge is 2.48. The van der Waals surface area contributed by atoms with E-state index in [0.717, 1.165) is 46.6 Å². The predicted octanol–water partition coefficient (Wildman–Crippen LogP) is 6.51. The van der Waals surface area contributed by atoms with E-state index in [1.54, 1.807) is 12.1 Å². The molecule has 13 nitrogen and oxygen atoms in total. The van der Waals surface area contributed by atoms with Gasteiger partial charge in [0, 0.05) is 64.7 Å². The summed E-state index contributed by atoms with van der Waals surface area (Å²) in [5.41, 5.74) is 4.28. The number of hydrogen-bond donors (Lipinski definition) is 4. The van der Waals surface area contributed by atoms with Crippen LogP contribution in [0.3, 0.4) is 0 Å². The second kappa shape index (κ2) is 15.3. The molecule has 0 bridgehead atoms. The van der Waals surface area contributed by atoms with E-state index in [2.05, 4.69) is 4.90 Å². The van der Waals surface area contributed by atoms with E-state index < -0.39 is 52.9 Å². The maximum absolute atomic E-state index is 12.7. The van der Waals surface area contributed by atoms with Crippen molar-refractivity contribution < 1.29 is 48.8 Å². The molecule has 0 radical (unpaired) electrons. The molecular formula is C39H48N2O11S3. The van der Waals surface area contributed by atoms with Crippen molar-refractivity contribution in [2.75, 3.05) is 28.6 Å². The highest BCUT2D eigenvalue weighted by Crippen LogP contribution is 2.56. The molecule has 4 heterocycles. The maximum atomic E-state index is 12.7. The summed E-state index contributed by atoms with van der Waals surface area (Å²) in [6.07, 6.45) is 16.6. The van der Waals surface area contributed by atoms with Crippen molar-refractivity contribution >= 4 is 47.7 Å². The third-order valence-electron chi connectivity index (χ3n) is 11.5. The lowest BCUT2D eigenvalue weighted by atomic mass is 9.69. The summed E-state index contributed by atoms with van der Waals surface area (Å²) in [4.78, 5) is 14.9. The maximum Gasteiger partial charge on any atom is 0.303 e. The molecule has 0 aliphatic carbocycles. The summed E-state index contributed by atoms with van der Waals surface area (Å²) in [5, 5.41) is 9.13. The molecule has 0 saturated heterocycles. The SMILES string of the molecule is CC1(CCCCS(=O)(=O)O)C(/C=C/C=C/C=C2\N3CCCc4ccc(S(=O)(=O)O)c(c43)C2(C)CCCCCC(=O)O)=CN2CCc3ccc(S(=O)(=O)O)c1c32. The van der Waals surface area contributed by atoms with Crippen molar-refractivity contribution in [1.82, 2.24) is 0 Å². The Kier molecular flexibility index (Phi) is 11.3. The van der Waals surface area contributed by atoms with Gasteiger partial charge in [-0.05, 0) is 86.8 Å². The standard InChI is InChI=1S/C39H48N2O11S3/c1-38(21-9-10-25-53(44,45)46)29(26-40-24-20-28-17-19-30(54(47,48)49)34(38)36(28)40)13-5-3-6-14-32-39(2,22-8-4-7-15-33(42)43)35-31(55(50,51)52)18-16-27-12-11-23-41(32)37(27)35/h3,5-6,13-14,16-19,26H,4,7-12,15,20-25H2,1-2H3,(H,42,43)(H,44,45,46)(H,47,48,49)(H,50,51,52)/b6-3+,13-5+,32-14-. The third kappa shape index (κ3) is 8.21. The first kappa shape index (κ1) is 40.9. The normalized spacial score (nSPS) is 22.9. The van der Waals surface area contributed by atoms with Gasteiger partial charge in [-0.25, -0.2) is 0 Å². The minimum atomic E-state index is -4.63. The molecule has 2 aromatic rings. The Hall–Kier alpha value is -3.80. The quantitative estimate of drug-likeness (QED) is 0.0811. The average Bonchev–Trinajstić information content (AvgIpc) is 3.61. The number of unbranched alkanes of at least 4 members (excludes halogenated alkanes) is 3. The molecule has 0 amide bonds. The molecule has 4 aliphatic heterocycles. The first-order valence-electron chi connectivity index (χ1n) is 18.5. The Balaban J connectivity index is 1.36. The highest BCUT2D eigenvalue weighted by atomic mass is 32.2. The summed E-state index contributed by atoms with van der Waals surface area (Å²) in [5.74, 6) is -1.31. The fourth-order valence-electron chi connectivity index (χ4n) is 9.00. The molecule has 0 saturated carbocycles. The molecule has 4 N–H and O–H groups in total. The number of carboxylic acid groups (broad SMARTS) is 1. The van der Waals surface area contributed by atoms with Crippen molar-refractivity contribution in [2.24, 2.45) is 0 Å². The number of rotatable bonds is 16. The number of nitrogens with zero attached hydrogens (tertiary/aromatic N) is 2. The minimum absolute atomic E-state index is 0.0410. The second-order valence-corrected chi connectivity index (χ2v) is 19.6. The number of benzene rings is 2. The number of anilines is 2. The Labute approximate surface area is 323 Å². The zero-order valence-corrected chi connectivity index (χ0v) is 33.4. The molecular weight excluding hydrogens is 769 g/mol. The van der Waals surface area contributed by atoms with E-state index in [4.69, 9.17) is 5.11 Å². The molecule has 0 fully saturated rings. The lowest BCUT2D eigenvalue weighted by Gasteiger charge is -2.41. The van der Waals surface area contributed by atoms with Crippen LogP contribution in [0.4, 0.5) is 11.4 Å². The summed E-state index contributed by atoms with van der Waals surface area (Å²) >= 11 is 0. The van der Waals surface area contributed by atoms with Gasteiger partial charge >= 0.3 is 5.97 Å². The van der Waals surface area contributed by atoms with Gasteiger partial charge in [0.2, 0.25) is 0 Å². The Morgan fingerprint density at radius 1 is 0.745 bits per heavy atom. The minimum Gasteiger partial charge on any atom is -0.481 e. The fraction of sp³-hybridized carbons (Fsp3) is 0.462. The first-order chi connectivity index (χ1) is 25.8. The molecule has 55 heavy (non-hydrogen) atoms. The molecule has 2 unspecified atom stereocenters. The van der Waals surface area contributed by atoms with E-state index >= 15 is 0 Å². The predicted molar refractivity (Wildman–Crippen MR) is 209 cm³/mol. The molecule has 0 aromatic heterocycles. The molecule has 298 valence electrons. The smallest absolute Gasteiger partial charge is 0.303 e. The van der Waals surface area contributed by atoms with Crippen molar-refractivity contribution in [3.05, 3.63) is 94.4 Å². The highest BCUT2D eigenvalue weighted by molar-refractivity contribution is 7.86. The van der Waals surface area contributed by atoms with Crippen LogP contribution in [-0.2, 0) is 58.8 Å². The Morgan fingerprint density at radius 3 is 2.00 bits per heavy atom. The van der Waals surface area contributed by atoms with Crippen LogP contribution in [0, 0.1) is 0 Å². The summed E-state index contributed by atoms with van der Waals surface area (Å²) in [6, 6.07) is 6.37. The number of aryl methyl sites for hydroxylation is 1. The van der Waals surface area contributed by atoms with Gasteiger partial charge in [0.1, 0.15) is 9.79 Å². The van der Waals surface area contributed by atoms with Gasteiger partial charge in [0.15, 0.2) is 0 Å². The molecule has 6 rings (SSSR count). The van der Waals surface area contributed by atoms with Crippen molar-refractivity contribution in [3.8, 4) is 0 Å². The molecule has 4 aliphatic rings. The van der Waals surface area contributed by atoms with Crippen LogP contribution in [-0.4, -0.2) is 68.8 Å². The lowest BCUT2D eigenvalue weighted by Crippen LogP contribution is -2.34. The van der Waals surface area contributed by atoms with E-state index in [-0.39, 0.29) is 22.6 Å². The lowest BCUT2D eigenvalue weighted by molar-refractivity contribution is -0.137. The van der Waals surface area contributed by atoms with Gasteiger partial charge in [-0.2, -0.15) is 25.3 Å². The number of carboxylic acids is 1. The second-order valence-electron chi connectivity index (χ2n) is 15.3. The number of carbonyl (C=O) groups is 1. The van der Waals surface area contributed by atoms with Crippen molar-refractivity contribution in [2.45, 2.75) is 105 Å². The van der Waals surface area contributed by atoms with E-state index in [0.29, 0.717) is 69.2 Å². The van der Waals surface area contributed by atoms with Crippen molar-refractivity contribution in [1.29, 1.82) is 0 Å². The Bertz CT molecular complexity index is 2350. The first-order valence-corrected chi connectivity index (χ1v) is 23.0. The Morgan fingerprint density at radius 2 is 1.36 bits per heavy atom. The number of allylic oxidation sites excluding steroid dienone is 7. The van der Waals surface area contributed by atoms with Crippen LogP contribution in [0.5, 0.6) is 0 Å². The summed E-state index contributed by atoms with van der Waals surface area (Å²) in [7, 11) is -13.4. The molecule has 16 heteroatoms. The largest absolute Gasteiger partial charge is 0.481 e. The molecule has 2 aromatic carbocycles. The molecule has 2 atom stereocenters. The van der Waals surface area contributed by atoms with E-state index in [1.807, 2.05) is 55.3 Å². The van der Waals surface area contributed by atoms with Crippen LogP contribution in [0.25, 0.3) is 0 Å². The van der Waals surface area contributed by atoms with Crippen molar-refractivity contribution in [3.63, 3.8) is 0 Å². The topological polar surface area (TPSA) is 207 Å². The zero-order valence-electron chi connectivity index (χ0n) is 30.9. The fourth-order valence-corrected chi connectivity index (χ4v) is 11.2. The zero-order chi connectivity index (χ0) is 40.0. The van der Waals surface area contributed by atoms with E-state index in [9.17, 15) is 43.7 Å². The molecule has 0 spiro atoms. The van der Waals surface area contributed by atoms with Gasteiger partial charge in [-0.3, -0.25) is 18.5 Å². The van der Waals surface area contributed by atoms with Gasteiger partial charge in [0.05, 0.1) is 5.75 Å². The van der Waals surface area contributed by atoms with Crippen LogP contribution in [0.15, 0.2) is 81.9 Å². The van der Waals surface area contributed by atoms with Gasteiger partial charge < -0.3 is 14.9 Å². The van der Waals surface area contributed by atoms with Crippen LogP contribution in [0.1, 0.15) is 93.9 Å². The average molecular weight is 817 g/mol. The van der Waals surface area contributed by atoms with Gasteiger partial charge in [0.25, 0.3) is 30.4 Å². The number of hydrogen-bond acceptors (Lipinski definition) is 9. The monoisotopic (exact) mass is 816 g/mol. The van der Waals surface area contributed by atoms with Crippen LogP contribution < -0.4 is 9.80 Å². The summed E-state index contributed by atoms with van der Waals surface area (Å²) in [6.45, 7) is 5.10.